The molecule has 4 rings (SSSR count). The van der Waals surface area contributed by atoms with E-state index in [0.29, 0.717) is 30.0 Å². The van der Waals surface area contributed by atoms with Crippen LogP contribution in [-0.4, -0.2) is 17.9 Å². The molecule has 24 heavy (non-hydrogen) atoms. The number of fused-ring (bicyclic) bond motifs is 5. The molecule has 0 aromatic rings. The van der Waals surface area contributed by atoms with Crippen molar-refractivity contribution in [3.05, 3.63) is 11.6 Å². The van der Waals surface area contributed by atoms with Crippen LogP contribution in [0.25, 0.3) is 0 Å². The van der Waals surface area contributed by atoms with Gasteiger partial charge in [-0.05, 0) is 61.7 Å². The van der Waals surface area contributed by atoms with Gasteiger partial charge in [-0.15, -0.1) is 0 Å². The number of ketones is 1. The smallest absolute Gasteiger partial charge is 0.302 e. The van der Waals surface area contributed by atoms with E-state index in [4.69, 9.17) is 4.74 Å². The SMILES string of the molecule is CC(=O)O[C@H]1CCC2C3CC=C4CC(=O)CC[C@]4(C)C3CC[C@@]21C. The number of rotatable bonds is 1. The van der Waals surface area contributed by atoms with Crippen LogP contribution in [0, 0.1) is 28.6 Å². The molecule has 0 aromatic carbocycles. The van der Waals surface area contributed by atoms with Crippen LogP contribution in [0.5, 0.6) is 0 Å². The van der Waals surface area contributed by atoms with Crippen molar-refractivity contribution in [2.24, 2.45) is 28.6 Å². The Morgan fingerprint density at radius 1 is 1.17 bits per heavy atom. The van der Waals surface area contributed by atoms with Gasteiger partial charge in [-0.25, -0.2) is 0 Å². The van der Waals surface area contributed by atoms with Gasteiger partial charge in [0.05, 0.1) is 0 Å². The van der Waals surface area contributed by atoms with Crippen molar-refractivity contribution in [2.45, 2.75) is 78.2 Å². The van der Waals surface area contributed by atoms with Crippen LogP contribution in [0.3, 0.4) is 0 Å². The normalized spacial score (nSPS) is 47.3. The molecular weight excluding hydrogens is 300 g/mol. The molecule has 0 saturated heterocycles. The zero-order valence-corrected chi connectivity index (χ0v) is 15.3. The number of allylic oxidation sites excluding steroid dienone is 2. The number of esters is 1. The minimum Gasteiger partial charge on any atom is -0.462 e. The monoisotopic (exact) mass is 330 g/mol. The molecule has 0 spiro atoms. The zero-order valence-electron chi connectivity index (χ0n) is 15.3. The van der Waals surface area contributed by atoms with E-state index in [-0.39, 0.29) is 22.9 Å². The Balaban J connectivity index is 1.63. The molecule has 3 heteroatoms. The molecule has 3 nitrogen and oxygen atoms in total. The van der Waals surface area contributed by atoms with Gasteiger partial charge in [0.25, 0.3) is 0 Å². The van der Waals surface area contributed by atoms with Gasteiger partial charge in [-0.1, -0.05) is 25.5 Å². The highest BCUT2D eigenvalue weighted by molar-refractivity contribution is 5.82. The molecule has 3 fully saturated rings. The minimum absolute atomic E-state index is 0.104. The van der Waals surface area contributed by atoms with Crippen LogP contribution in [0.4, 0.5) is 0 Å². The highest BCUT2D eigenvalue weighted by atomic mass is 16.5. The summed E-state index contributed by atoms with van der Waals surface area (Å²) in [5.74, 6) is 2.36. The molecule has 0 N–H and O–H groups in total. The van der Waals surface area contributed by atoms with Gasteiger partial charge < -0.3 is 4.74 Å². The Kier molecular flexibility index (Phi) is 3.71. The van der Waals surface area contributed by atoms with E-state index in [1.165, 1.54) is 25.3 Å². The second kappa shape index (κ2) is 5.44. The van der Waals surface area contributed by atoms with Crippen molar-refractivity contribution in [1.29, 1.82) is 0 Å². The maximum absolute atomic E-state index is 11.9. The number of hydrogen-bond acceptors (Lipinski definition) is 3. The van der Waals surface area contributed by atoms with Crippen LogP contribution >= 0.6 is 0 Å². The van der Waals surface area contributed by atoms with Crippen molar-refractivity contribution >= 4 is 11.8 Å². The molecule has 0 aromatic heterocycles. The average molecular weight is 330 g/mol. The third kappa shape index (κ3) is 2.23. The zero-order chi connectivity index (χ0) is 17.1. The van der Waals surface area contributed by atoms with Gasteiger partial charge >= 0.3 is 5.97 Å². The largest absolute Gasteiger partial charge is 0.462 e. The lowest BCUT2D eigenvalue weighted by atomic mass is 9.48. The Morgan fingerprint density at radius 3 is 2.71 bits per heavy atom. The number of ether oxygens (including phenoxy) is 1. The Hall–Kier alpha value is -1.12. The van der Waals surface area contributed by atoms with Gasteiger partial charge in [-0.2, -0.15) is 0 Å². The Morgan fingerprint density at radius 2 is 1.96 bits per heavy atom. The van der Waals surface area contributed by atoms with Crippen molar-refractivity contribution in [3.8, 4) is 0 Å². The molecule has 4 aliphatic rings. The molecule has 0 heterocycles. The van der Waals surface area contributed by atoms with E-state index in [2.05, 4.69) is 19.9 Å². The second-order valence-corrected chi connectivity index (χ2v) is 9.19. The fourth-order valence-electron chi connectivity index (χ4n) is 6.82. The lowest BCUT2D eigenvalue weighted by Gasteiger charge is -2.57. The standard InChI is InChI=1S/C21H30O3/c1-13(22)24-19-7-6-17-16-5-4-14-12-15(23)8-10-20(14,2)18(16)9-11-21(17,19)3/h4,16-19H,5-12H2,1-3H3/t16?,17?,18?,19-,20-,21-/m0/s1. The first-order valence-electron chi connectivity index (χ1n) is 9.73. The van der Waals surface area contributed by atoms with Crippen LogP contribution in [0.1, 0.15) is 72.1 Å². The van der Waals surface area contributed by atoms with Gasteiger partial charge in [0.2, 0.25) is 0 Å². The molecule has 0 aliphatic heterocycles. The Labute approximate surface area is 145 Å². The van der Waals surface area contributed by atoms with Crippen molar-refractivity contribution in [2.75, 3.05) is 0 Å². The number of hydrogen-bond donors (Lipinski definition) is 0. The van der Waals surface area contributed by atoms with Gasteiger partial charge in [0, 0.05) is 25.2 Å². The maximum atomic E-state index is 11.9. The molecular formula is C21H30O3. The molecule has 0 amide bonds. The number of carbonyl (C=O) groups excluding carboxylic acids is 2. The molecule has 3 unspecified atom stereocenters. The summed E-state index contributed by atoms with van der Waals surface area (Å²) in [6.45, 7) is 6.32. The highest BCUT2D eigenvalue weighted by Gasteiger charge is 2.59. The third-order valence-electron chi connectivity index (χ3n) is 8.16. The average Bonchev–Trinajstić information content (AvgIpc) is 2.84. The van der Waals surface area contributed by atoms with Crippen molar-refractivity contribution in [3.63, 3.8) is 0 Å². The maximum Gasteiger partial charge on any atom is 0.302 e. The van der Waals surface area contributed by atoms with E-state index >= 15 is 0 Å². The lowest BCUT2D eigenvalue weighted by Crippen LogP contribution is -2.51. The first kappa shape index (κ1) is 16.4. The molecule has 6 atom stereocenters. The van der Waals surface area contributed by atoms with Crippen LogP contribution in [0.15, 0.2) is 11.6 Å². The summed E-state index contributed by atoms with van der Waals surface area (Å²) in [4.78, 5) is 23.4. The van der Waals surface area contributed by atoms with Gasteiger partial charge in [-0.3, -0.25) is 9.59 Å². The summed E-state index contributed by atoms with van der Waals surface area (Å²) < 4.78 is 5.71. The number of carbonyl (C=O) groups is 2. The first-order chi connectivity index (χ1) is 11.3. The molecule has 0 bridgehead atoms. The second-order valence-electron chi connectivity index (χ2n) is 9.19. The predicted molar refractivity (Wildman–Crippen MR) is 92.3 cm³/mol. The van der Waals surface area contributed by atoms with Crippen LogP contribution < -0.4 is 0 Å². The van der Waals surface area contributed by atoms with E-state index in [9.17, 15) is 9.59 Å². The van der Waals surface area contributed by atoms with E-state index in [1.54, 1.807) is 0 Å². The summed E-state index contributed by atoms with van der Waals surface area (Å²) in [7, 11) is 0. The van der Waals surface area contributed by atoms with E-state index < -0.39 is 0 Å². The quantitative estimate of drug-likeness (QED) is 0.527. The third-order valence-corrected chi connectivity index (χ3v) is 8.16. The predicted octanol–water partition coefficient (Wildman–Crippen LogP) is 4.45. The first-order valence-corrected chi connectivity index (χ1v) is 9.73. The van der Waals surface area contributed by atoms with E-state index in [1.807, 2.05) is 0 Å². The minimum atomic E-state index is -0.132. The summed E-state index contributed by atoms with van der Waals surface area (Å²) in [6, 6.07) is 0. The summed E-state index contributed by atoms with van der Waals surface area (Å²) in [6.07, 6.45) is 10.7. The van der Waals surface area contributed by atoms with E-state index in [0.717, 1.165) is 32.1 Å². The number of Topliss-reactive ketones (excluding diaryl/α,β-unsaturated/α-hetero) is 1. The summed E-state index contributed by atoms with van der Waals surface area (Å²) in [5.41, 5.74) is 1.81. The molecule has 3 saturated carbocycles. The molecule has 132 valence electrons. The molecule has 4 aliphatic carbocycles. The van der Waals surface area contributed by atoms with Gasteiger partial charge in [0.15, 0.2) is 0 Å². The topological polar surface area (TPSA) is 43.4 Å². The lowest BCUT2D eigenvalue weighted by molar-refractivity contribution is -0.156. The van der Waals surface area contributed by atoms with Crippen molar-refractivity contribution < 1.29 is 14.3 Å². The Bertz CT molecular complexity index is 606. The van der Waals surface area contributed by atoms with Gasteiger partial charge in [0.1, 0.15) is 11.9 Å². The fourth-order valence-corrected chi connectivity index (χ4v) is 6.82. The van der Waals surface area contributed by atoms with Crippen LogP contribution in [-0.2, 0) is 14.3 Å². The highest BCUT2D eigenvalue weighted by Crippen LogP contribution is 2.65. The van der Waals surface area contributed by atoms with Crippen molar-refractivity contribution in [1.82, 2.24) is 0 Å². The summed E-state index contributed by atoms with van der Waals surface area (Å²) >= 11 is 0. The molecule has 0 radical (unpaired) electrons. The van der Waals surface area contributed by atoms with Crippen LogP contribution in [0.2, 0.25) is 0 Å². The summed E-state index contributed by atoms with van der Waals surface area (Å²) in [5, 5.41) is 0. The fraction of sp³-hybridized carbons (Fsp3) is 0.810.